The van der Waals surface area contributed by atoms with E-state index in [0.29, 0.717) is 5.41 Å². The normalized spacial score (nSPS) is 26.0. The van der Waals surface area contributed by atoms with Crippen molar-refractivity contribution >= 4 is 12.4 Å². The fourth-order valence-electron chi connectivity index (χ4n) is 3.25. The first-order chi connectivity index (χ1) is 8.10. The summed E-state index contributed by atoms with van der Waals surface area (Å²) in [6.07, 6.45) is 5.57. The Kier molecular flexibility index (Phi) is 6.43. The van der Waals surface area contributed by atoms with E-state index in [1.165, 1.54) is 58.4 Å². The molecule has 2 nitrogen and oxygen atoms in total. The predicted molar refractivity (Wildman–Crippen MR) is 81.5 cm³/mol. The molecular formula is C15H31ClN2. The minimum absolute atomic E-state index is 0. The minimum Gasteiger partial charge on any atom is -0.317 e. The number of hydrogen-bond donors (Lipinski definition) is 1. The Hall–Kier alpha value is 0.210. The molecule has 2 saturated heterocycles. The average molecular weight is 275 g/mol. The topological polar surface area (TPSA) is 15.3 Å². The molecule has 2 rings (SSSR count). The smallest absolute Gasteiger partial charge is 0.00106 e. The summed E-state index contributed by atoms with van der Waals surface area (Å²) in [7, 11) is 0. The minimum atomic E-state index is 0. The third-order valence-corrected chi connectivity index (χ3v) is 5.37. The second-order valence-electron chi connectivity index (χ2n) is 6.80. The van der Waals surface area contributed by atoms with E-state index in [4.69, 9.17) is 0 Å². The molecule has 2 heterocycles. The summed E-state index contributed by atoms with van der Waals surface area (Å²) in [6.45, 7) is 13.8. The first-order valence-corrected chi connectivity index (χ1v) is 7.53. The van der Waals surface area contributed by atoms with Gasteiger partial charge in [-0.3, -0.25) is 0 Å². The molecule has 2 fully saturated rings. The summed E-state index contributed by atoms with van der Waals surface area (Å²) in [5.74, 6) is 1.79. The van der Waals surface area contributed by atoms with Gasteiger partial charge in [-0.25, -0.2) is 0 Å². The Labute approximate surface area is 119 Å². The zero-order chi connectivity index (χ0) is 12.3. The molecule has 2 aliphatic heterocycles. The van der Waals surface area contributed by atoms with Gasteiger partial charge in [0.05, 0.1) is 0 Å². The van der Waals surface area contributed by atoms with E-state index in [1.807, 2.05) is 0 Å². The number of rotatable bonds is 3. The van der Waals surface area contributed by atoms with E-state index < -0.39 is 0 Å². The van der Waals surface area contributed by atoms with E-state index >= 15 is 0 Å². The summed E-state index contributed by atoms with van der Waals surface area (Å²) in [6, 6.07) is 0. The Morgan fingerprint density at radius 2 is 1.72 bits per heavy atom. The number of halogens is 1. The standard InChI is InChI=1S/C15H30N2.ClH/c1-13(2)15(3)6-10-17(11-7-15)12-14-4-8-16-9-5-14;/h13-14,16H,4-12H2,1-3H3;1H. The number of piperidine rings is 2. The molecule has 0 spiro atoms. The largest absolute Gasteiger partial charge is 0.317 e. The monoisotopic (exact) mass is 274 g/mol. The van der Waals surface area contributed by atoms with Crippen LogP contribution >= 0.6 is 12.4 Å². The Bertz CT molecular complexity index is 229. The Morgan fingerprint density at radius 3 is 2.22 bits per heavy atom. The second kappa shape index (κ2) is 7.12. The first-order valence-electron chi connectivity index (χ1n) is 7.53. The van der Waals surface area contributed by atoms with E-state index in [-0.39, 0.29) is 12.4 Å². The highest BCUT2D eigenvalue weighted by molar-refractivity contribution is 5.85. The van der Waals surface area contributed by atoms with Crippen molar-refractivity contribution in [2.45, 2.75) is 46.5 Å². The zero-order valence-electron chi connectivity index (χ0n) is 12.4. The fraction of sp³-hybridized carbons (Fsp3) is 1.00. The summed E-state index contributed by atoms with van der Waals surface area (Å²) < 4.78 is 0. The lowest BCUT2D eigenvalue weighted by atomic mass is 9.72. The van der Waals surface area contributed by atoms with Crippen molar-refractivity contribution in [3.63, 3.8) is 0 Å². The van der Waals surface area contributed by atoms with Gasteiger partial charge >= 0.3 is 0 Å². The van der Waals surface area contributed by atoms with Crippen LogP contribution in [0.25, 0.3) is 0 Å². The SMILES string of the molecule is CC(C)C1(C)CCN(CC2CCNCC2)CC1.Cl. The van der Waals surface area contributed by atoms with Crippen LogP contribution in [0, 0.1) is 17.3 Å². The molecule has 1 N–H and O–H groups in total. The van der Waals surface area contributed by atoms with E-state index in [2.05, 4.69) is 31.0 Å². The van der Waals surface area contributed by atoms with Crippen molar-refractivity contribution in [3.8, 4) is 0 Å². The van der Waals surface area contributed by atoms with Crippen LogP contribution in [0.15, 0.2) is 0 Å². The third-order valence-electron chi connectivity index (χ3n) is 5.37. The maximum Gasteiger partial charge on any atom is 0.00106 e. The average Bonchev–Trinajstić information content (AvgIpc) is 2.33. The van der Waals surface area contributed by atoms with Crippen LogP contribution in [0.1, 0.15) is 46.5 Å². The van der Waals surface area contributed by atoms with Gasteiger partial charge in [-0.2, -0.15) is 0 Å². The summed E-state index contributed by atoms with van der Waals surface area (Å²) >= 11 is 0. The van der Waals surface area contributed by atoms with Crippen molar-refractivity contribution in [2.75, 3.05) is 32.7 Å². The summed E-state index contributed by atoms with van der Waals surface area (Å²) in [5.41, 5.74) is 0.602. The van der Waals surface area contributed by atoms with Gasteiger partial charge in [0.25, 0.3) is 0 Å². The van der Waals surface area contributed by atoms with Crippen LogP contribution in [-0.4, -0.2) is 37.6 Å². The van der Waals surface area contributed by atoms with Crippen LogP contribution in [0.3, 0.4) is 0 Å². The Balaban J connectivity index is 0.00000162. The van der Waals surface area contributed by atoms with E-state index in [9.17, 15) is 0 Å². The van der Waals surface area contributed by atoms with Gasteiger partial charge < -0.3 is 10.2 Å². The molecule has 0 bridgehead atoms. The van der Waals surface area contributed by atoms with E-state index in [0.717, 1.165) is 11.8 Å². The van der Waals surface area contributed by atoms with Crippen molar-refractivity contribution < 1.29 is 0 Å². The van der Waals surface area contributed by atoms with E-state index in [1.54, 1.807) is 0 Å². The van der Waals surface area contributed by atoms with Crippen molar-refractivity contribution in [2.24, 2.45) is 17.3 Å². The van der Waals surface area contributed by atoms with Gasteiger partial charge in [0.2, 0.25) is 0 Å². The molecule has 0 aliphatic carbocycles. The molecule has 0 atom stereocenters. The van der Waals surface area contributed by atoms with Crippen molar-refractivity contribution in [1.82, 2.24) is 10.2 Å². The second-order valence-corrected chi connectivity index (χ2v) is 6.80. The molecule has 0 aromatic heterocycles. The Morgan fingerprint density at radius 1 is 1.17 bits per heavy atom. The number of likely N-dealkylation sites (tertiary alicyclic amines) is 1. The molecular weight excluding hydrogens is 244 g/mol. The molecule has 0 aromatic carbocycles. The molecule has 0 radical (unpaired) electrons. The van der Waals surface area contributed by atoms with Gasteiger partial charge in [0, 0.05) is 6.54 Å². The lowest BCUT2D eigenvalue weighted by Gasteiger charge is -2.43. The van der Waals surface area contributed by atoms with Gasteiger partial charge in [-0.05, 0) is 69.1 Å². The number of nitrogens with zero attached hydrogens (tertiary/aromatic N) is 1. The zero-order valence-corrected chi connectivity index (χ0v) is 13.2. The highest BCUT2D eigenvalue weighted by Gasteiger charge is 2.33. The highest BCUT2D eigenvalue weighted by atomic mass is 35.5. The fourth-order valence-corrected chi connectivity index (χ4v) is 3.25. The quantitative estimate of drug-likeness (QED) is 0.851. The van der Waals surface area contributed by atoms with Gasteiger partial charge in [-0.15, -0.1) is 12.4 Å². The summed E-state index contributed by atoms with van der Waals surface area (Å²) in [5, 5.41) is 3.46. The lowest BCUT2D eigenvalue weighted by Crippen LogP contribution is -2.44. The molecule has 18 heavy (non-hydrogen) atoms. The van der Waals surface area contributed by atoms with Crippen LogP contribution in [0.2, 0.25) is 0 Å². The number of nitrogens with one attached hydrogen (secondary N) is 1. The molecule has 0 amide bonds. The summed E-state index contributed by atoms with van der Waals surface area (Å²) in [4.78, 5) is 2.72. The third kappa shape index (κ3) is 4.11. The number of hydrogen-bond acceptors (Lipinski definition) is 2. The van der Waals surface area contributed by atoms with Gasteiger partial charge in [0.15, 0.2) is 0 Å². The lowest BCUT2D eigenvalue weighted by molar-refractivity contribution is 0.0657. The van der Waals surface area contributed by atoms with Gasteiger partial charge in [-0.1, -0.05) is 20.8 Å². The van der Waals surface area contributed by atoms with Crippen LogP contribution in [-0.2, 0) is 0 Å². The molecule has 0 unspecified atom stereocenters. The molecule has 2 aliphatic rings. The van der Waals surface area contributed by atoms with Crippen LogP contribution in [0.4, 0.5) is 0 Å². The maximum atomic E-state index is 3.46. The van der Waals surface area contributed by atoms with Crippen molar-refractivity contribution in [1.29, 1.82) is 0 Å². The highest BCUT2D eigenvalue weighted by Crippen LogP contribution is 2.38. The van der Waals surface area contributed by atoms with Crippen LogP contribution < -0.4 is 5.32 Å². The van der Waals surface area contributed by atoms with Crippen LogP contribution in [0.5, 0.6) is 0 Å². The maximum absolute atomic E-state index is 3.46. The van der Waals surface area contributed by atoms with Crippen molar-refractivity contribution in [3.05, 3.63) is 0 Å². The first kappa shape index (κ1) is 16.3. The predicted octanol–water partition coefficient (Wildman–Crippen LogP) is 3.17. The van der Waals surface area contributed by atoms with Gasteiger partial charge in [0.1, 0.15) is 0 Å². The molecule has 3 heteroatoms. The molecule has 108 valence electrons. The molecule has 0 aromatic rings. The molecule has 0 saturated carbocycles.